The van der Waals surface area contributed by atoms with Gasteiger partial charge in [0.05, 0.1) is 30.4 Å². The number of hydrogen-bond donors (Lipinski definition) is 2. The highest BCUT2D eigenvalue weighted by Crippen LogP contribution is 2.30. The van der Waals surface area contributed by atoms with E-state index in [1.807, 2.05) is 4.90 Å². The fourth-order valence-corrected chi connectivity index (χ4v) is 7.11. The quantitative estimate of drug-likeness (QED) is 0.355. The van der Waals surface area contributed by atoms with Crippen molar-refractivity contribution in [1.82, 2.24) is 24.9 Å². The summed E-state index contributed by atoms with van der Waals surface area (Å²) in [5.41, 5.74) is 0.496. The third-order valence-electron chi connectivity index (χ3n) is 7.91. The van der Waals surface area contributed by atoms with E-state index in [2.05, 4.69) is 5.32 Å². The number of carbonyl (C=O) groups is 4. The summed E-state index contributed by atoms with van der Waals surface area (Å²) in [6.45, 7) is 2.83. The van der Waals surface area contributed by atoms with Crippen molar-refractivity contribution in [3.63, 3.8) is 0 Å². The standard InChI is InChI=1S/C29H34ClN5O8S/c1-19(36)31-9-6-27(38)43-18-32-14-25-28(39)35(17-34(25)16-32)23-7-10-33(11-8-23)29(40)26(37)15-44(41,42)24-5-3-20-12-22(30)4-2-21(20)13-24/h2-5,12-14,23,26,37H,6-11,15-18H2,1H3,(H,31,36)/t26-/m1/s1. The molecule has 236 valence electrons. The van der Waals surface area contributed by atoms with Crippen molar-refractivity contribution in [2.75, 3.05) is 45.5 Å². The predicted octanol–water partition coefficient (Wildman–Crippen LogP) is 0.862. The summed E-state index contributed by atoms with van der Waals surface area (Å²) in [5.74, 6) is -2.23. The normalized spacial score (nSPS) is 18.0. The van der Waals surface area contributed by atoms with Crippen LogP contribution < -0.4 is 5.32 Å². The predicted molar refractivity (Wildman–Crippen MR) is 159 cm³/mol. The molecule has 0 spiro atoms. The van der Waals surface area contributed by atoms with Crippen molar-refractivity contribution in [1.29, 1.82) is 0 Å². The number of carbonyl (C=O) groups excluding carboxylic acids is 4. The Morgan fingerprint density at radius 1 is 1.09 bits per heavy atom. The number of rotatable bonds is 10. The molecule has 0 unspecified atom stereocenters. The number of piperidine rings is 1. The molecule has 0 aliphatic carbocycles. The average molecular weight is 648 g/mol. The summed E-state index contributed by atoms with van der Waals surface area (Å²) in [4.78, 5) is 55.7. The molecule has 3 aliphatic rings. The van der Waals surface area contributed by atoms with E-state index in [-0.39, 0.29) is 55.5 Å². The van der Waals surface area contributed by atoms with Crippen molar-refractivity contribution >= 4 is 55.9 Å². The summed E-state index contributed by atoms with van der Waals surface area (Å²) < 4.78 is 31.2. The number of nitrogens with zero attached hydrogens (tertiary/aromatic N) is 4. The molecule has 2 aromatic rings. The molecule has 3 amide bonds. The van der Waals surface area contributed by atoms with Gasteiger partial charge in [-0.1, -0.05) is 23.7 Å². The van der Waals surface area contributed by atoms with E-state index in [0.29, 0.717) is 42.3 Å². The largest absolute Gasteiger partial charge is 0.444 e. The van der Waals surface area contributed by atoms with Gasteiger partial charge in [0.25, 0.3) is 11.8 Å². The first-order chi connectivity index (χ1) is 20.9. The average Bonchev–Trinajstić information content (AvgIpc) is 3.53. The number of hydrogen-bond acceptors (Lipinski definition) is 10. The summed E-state index contributed by atoms with van der Waals surface area (Å²) in [6.07, 6.45) is 0.965. The number of sulfone groups is 1. The Morgan fingerprint density at radius 2 is 1.80 bits per heavy atom. The zero-order chi connectivity index (χ0) is 31.6. The Bertz CT molecular complexity index is 1610. The van der Waals surface area contributed by atoms with Crippen LogP contribution in [-0.2, 0) is 33.8 Å². The molecule has 13 nitrogen and oxygen atoms in total. The van der Waals surface area contributed by atoms with Gasteiger partial charge in [-0.2, -0.15) is 0 Å². The fourth-order valence-electron chi connectivity index (χ4n) is 5.60. The van der Waals surface area contributed by atoms with Crippen LogP contribution in [0.2, 0.25) is 5.02 Å². The van der Waals surface area contributed by atoms with Crippen molar-refractivity contribution in [2.24, 2.45) is 0 Å². The van der Waals surface area contributed by atoms with Crippen molar-refractivity contribution in [2.45, 2.75) is 43.2 Å². The van der Waals surface area contributed by atoms with Gasteiger partial charge in [-0.25, -0.2) is 8.42 Å². The van der Waals surface area contributed by atoms with E-state index in [1.54, 1.807) is 40.3 Å². The van der Waals surface area contributed by atoms with E-state index >= 15 is 0 Å². The molecule has 2 fully saturated rings. The number of aliphatic hydroxyl groups is 1. The van der Waals surface area contributed by atoms with E-state index < -0.39 is 33.6 Å². The second-order valence-corrected chi connectivity index (χ2v) is 13.6. The molecule has 3 aliphatic heterocycles. The lowest BCUT2D eigenvalue weighted by Crippen LogP contribution is -2.51. The van der Waals surface area contributed by atoms with Crippen LogP contribution in [0, 0.1) is 0 Å². The molecule has 0 radical (unpaired) electrons. The smallest absolute Gasteiger partial charge is 0.309 e. The van der Waals surface area contributed by atoms with Gasteiger partial charge in [-0.05, 0) is 47.9 Å². The van der Waals surface area contributed by atoms with Crippen molar-refractivity contribution in [3.05, 3.63) is 53.3 Å². The number of benzene rings is 2. The maximum atomic E-state index is 13.1. The minimum absolute atomic E-state index is 0.0129. The highest BCUT2D eigenvalue weighted by Gasteiger charge is 2.42. The Labute approximate surface area is 259 Å². The number of halogens is 1. The first kappa shape index (κ1) is 31.5. The molecule has 2 aromatic carbocycles. The molecule has 0 saturated carbocycles. The van der Waals surface area contributed by atoms with Crippen LogP contribution in [0.25, 0.3) is 10.8 Å². The van der Waals surface area contributed by atoms with Gasteiger partial charge in [0.15, 0.2) is 16.6 Å². The van der Waals surface area contributed by atoms with Gasteiger partial charge in [0.1, 0.15) is 11.8 Å². The van der Waals surface area contributed by atoms with E-state index in [9.17, 15) is 32.7 Å². The zero-order valence-electron chi connectivity index (χ0n) is 24.1. The number of aliphatic hydroxyl groups excluding tert-OH is 1. The Hall–Kier alpha value is -3.88. The van der Waals surface area contributed by atoms with Gasteiger partial charge < -0.3 is 34.8 Å². The summed E-state index contributed by atoms with van der Waals surface area (Å²) in [7, 11) is -3.95. The van der Waals surface area contributed by atoms with Crippen LogP contribution in [-0.4, -0.2) is 114 Å². The lowest BCUT2D eigenvalue weighted by atomic mass is 10.0. The molecule has 5 rings (SSSR count). The van der Waals surface area contributed by atoms with E-state index in [4.69, 9.17) is 16.3 Å². The zero-order valence-corrected chi connectivity index (χ0v) is 25.7. The second-order valence-electron chi connectivity index (χ2n) is 11.1. The number of fused-ring (bicyclic) bond motifs is 2. The highest BCUT2D eigenvalue weighted by molar-refractivity contribution is 7.91. The Kier molecular flexibility index (Phi) is 9.32. The van der Waals surface area contributed by atoms with Gasteiger partial charge in [0.2, 0.25) is 5.91 Å². The van der Waals surface area contributed by atoms with Gasteiger partial charge in [-0.3, -0.25) is 19.2 Å². The molecule has 2 N–H and O–H groups in total. The summed E-state index contributed by atoms with van der Waals surface area (Å²) in [6, 6.07) is 9.55. The molecule has 3 heterocycles. The molecular formula is C29H34ClN5O8S. The first-order valence-corrected chi connectivity index (χ1v) is 16.2. The molecule has 0 aromatic heterocycles. The Morgan fingerprint density at radius 3 is 2.50 bits per heavy atom. The van der Waals surface area contributed by atoms with Gasteiger partial charge >= 0.3 is 5.97 Å². The molecule has 44 heavy (non-hydrogen) atoms. The molecule has 1 atom stereocenters. The first-order valence-electron chi connectivity index (χ1n) is 14.2. The van der Waals surface area contributed by atoms with Crippen LogP contribution in [0.5, 0.6) is 0 Å². The van der Waals surface area contributed by atoms with E-state index in [1.165, 1.54) is 24.0 Å². The second kappa shape index (κ2) is 13.0. The van der Waals surface area contributed by atoms with Crippen molar-refractivity contribution in [3.8, 4) is 0 Å². The minimum Gasteiger partial charge on any atom is -0.444 e. The minimum atomic E-state index is -3.95. The SMILES string of the molecule is CC(=O)NCCC(=O)OCN1C=C2C(=O)N(C3CCN(C(=O)[C@H](O)CS(=O)(=O)c4ccc5cc(Cl)ccc5c4)CC3)CN2C1. The number of ether oxygens (including phenoxy) is 1. The number of esters is 1. The lowest BCUT2D eigenvalue weighted by Gasteiger charge is -2.37. The maximum Gasteiger partial charge on any atom is 0.309 e. The highest BCUT2D eigenvalue weighted by atomic mass is 35.5. The van der Waals surface area contributed by atoms with Crippen LogP contribution in [0.1, 0.15) is 26.2 Å². The topological polar surface area (TPSA) is 157 Å². The molecule has 15 heteroatoms. The Balaban J connectivity index is 1.09. The number of likely N-dealkylation sites (tertiary alicyclic amines) is 1. The lowest BCUT2D eigenvalue weighted by molar-refractivity contribution is -0.147. The van der Waals surface area contributed by atoms with Crippen LogP contribution >= 0.6 is 11.6 Å². The third kappa shape index (κ3) is 7.08. The van der Waals surface area contributed by atoms with Crippen LogP contribution in [0.15, 0.2) is 53.2 Å². The number of amides is 3. The summed E-state index contributed by atoms with van der Waals surface area (Å²) in [5, 5.41) is 15.1. The molecule has 2 saturated heterocycles. The summed E-state index contributed by atoms with van der Waals surface area (Å²) >= 11 is 6.00. The third-order valence-corrected chi connectivity index (χ3v) is 9.87. The van der Waals surface area contributed by atoms with Crippen molar-refractivity contribution < 1.29 is 37.4 Å². The van der Waals surface area contributed by atoms with E-state index in [0.717, 1.165) is 5.39 Å². The molecule has 0 bridgehead atoms. The monoisotopic (exact) mass is 647 g/mol. The van der Waals surface area contributed by atoms with Crippen LogP contribution in [0.4, 0.5) is 0 Å². The van der Waals surface area contributed by atoms with Crippen LogP contribution in [0.3, 0.4) is 0 Å². The number of nitrogens with one attached hydrogen (secondary N) is 1. The fraction of sp³-hybridized carbons (Fsp3) is 0.448. The molecular weight excluding hydrogens is 614 g/mol. The van der Waals surface area contributed by atoms with Gasteiger partial charge in [-0.15, -0.1) is 0 Å². The maximum absolute atomic E-state index is 13.1. The van der Waals surface area contributed by atoms with Gasteiger partial charge in [0, 0.05) is 43.8 Å².